The maximum absolute atomic E-state index is 15.0. The number of ether oxygens (including phenoxy) is 5. The van der Waals surface area contributed by atoms with Crippen molar-refractivity contribution < 1.29 is 62.6 Å². The fraction of sp³-hybridized carbons (Fsp3) is 0.771. The molecular weight excluding hydrogens is 628 g/mol. The third-order valence-corrected chi connectivity index (χ3v) is 13.9. The van der Waals surface area contributed by atoms with E-state index in [9.17, 15) is 29.7 Å². The van der Waals surface area contributed by atoms with Crippen molar-refractivity contribution in [2.75, 3.05) is 6.61 Å². The van der Waals surface area contributed by atoms with E-state index in [1.807, 2.05) is 13.8 Å². The number of rotatable bonds is 6. The Morgan fingerprint density at radius 3 is 2.31 bits per heavy atom. The molecule has 6 fully saturated rings. The van der Waals surface area contributed by atoms with E-state index in [1.54, 1.807) is 33.1 Å². The fourth-order valence-corrected chi connectivity index (χ4v) is 11.7. The molecule has 2 saturated heterocycles. The van der Waals surface area contributed by atoms with Crippen LogP contribution in [0, 0.1) is 39.4 Å². The first-order valence-corrected chi connectivity index (χ1v) is 16.9. The van der Waals surface area contributed by atoms with E-state index >= 15 is 4.79 Å². The van der Waals surface area contributed by atoms with Crippen LogP contribution in [0.15, 0.2) is 23.0 Å². The lowest BCUT2D eigenvalue weighted by atomic mass is 9.30. The van der Waals surface area contributed by atoms with Crippen LogP contribution in [0.2, 0.25) is 0 Å². The number of aliphatic hydroxyl groups excluding tert-OH is 3. The summed E-state index contributed by atoms with van der Waals surface area (Å²) in [7, 11) is 0. The van der Waals surface area contributed by atoms with Crippen LogP contribution in [0.4, 0.5) is 0 Å². The van der Waals surface area contributed by atoms with Gasteiger partial charge in [0.05, 0.1) is 42.7 Å². The molecule has 2 bridgehead atoms. The van der Waals surface area contributed by atoms with Gasteiger partial charge in [0, 0.05) is 41.9 Å². The van der Waals surface area contributed by atoms with E-state index in [4.69, 9.17) is 28.1 Å². The van der Waals surface area contributed by atoms with Gasteiger partial charge in [-0.3, -0.25) is 19.2 Å². The number of Topliss-reactive ketones (excluding diaryl/α,β-unsaturated/α-hetero) is 1. The Hall–Kier alpha value is -2.84. The molecule has 264 valence electrons. The van der Waals surface area contributed by atoms with Crippen LogP contribution in [-0.2, 0) is 42.9 Å². The highest BCUT2D eigenvalue weighted by Gasteiger charge is 2.92. The zero-order valence-electron chi connectivity index (χ0n) is 28.3. The number of carbonyl (C=O) groups excluding carboxylic acids is 4. The molecule has 1 aromatic heterocycles. The van der Waals surface area contributed by atoms with Crippen LogP contribution in [-0.4, -0.2) is 94.1 Å². The fourth-order valence-electron chi connectivity index (χ4n) is 11.7. The van der Waals surface area contributed by atoms with E-state index in [0.29, 0.717) is 6.42 Å². The third kappa shape index (κ3) is 3.64. The van der Waals surface area contributed by atoms with E-state index in [0.717, 1.165) is 12.5 Å². The summed E-state index contributed by atoms with van der Waals surface area (Å²) < 4.78 is 36.2. The summed E-state index contributed by atoms with van der Waals surface area (Å²) >= 11 is 0. The second kappa shape index (κ2) is 10.6. The largest absolute Gasteiger partial charge is 0.472 e. The molecule has 4 unspecified atom stereocenters. The van der Waals surface area contributed by atoms with Crippen molar-refractivity contribution in [3.05, 3.63) is 24.2 Å². The second-order valence-corrected chi connectivity index (χ2v) is 15.7. The first-order chi connectivity index (χ1) is 22.5. The third-order valence-electron chi connectivity index (χ3n) is 13.9. The first kappa shape index (κ1) is 33.6. The molecule has 2 aliphatic heterocycles. The van der Waals surface area contributed by atoms with Crippen LogP contribution in [0.25, 0.3) is 0 Å². The number of furan rings is 1. The molecule has 0 radical (unpaired) electrons. The van der Waals surface area contributed by atoms with Crippen molar-refractivity contribution >= 4 is 23.7 Å². The monoisotopic (exact) mass is 674 g/mol. The molecule has 48 heavy (non-hydrogen) atoms. The molecule has 4 saturated carbocycles. The van der Waals surface area contributed by atoms with Gasteiger partial charge in [0.15, 0.2) is 18.0 Å². The molecule has 6 aliphatic rings. The van der Waals surface area contributed by atoms with Gasteiger partial charge in [-0.1, -0.05) is 27.7 Å². The Balaban J connectivity index is 1.42. The Kier molecular flexibility index (Phi) is 7.42. The van der Waals surface area contributed by atoms with Crippen molar-refractivity contribution in [1.29, 1.82) is 0 Å². The van der Waals surface area contributed by atoms with Gasteiger partial charge in [-0.2, -0.15) is 0 Å². The zero-order valence-corrected chi connectivity index (χ0v) is 28.3. The van der Waals surface area contributed by atoms with E-state index in [-0.39, 0.29) is 19.4 Å². The Morgan fingerprint density at radius 2 is 1.71 bits per heavy atom. The van der Waals surface area contributed by atoms with Crippen molar-refractivity contribution in [3.8, 4) is 0 Å². The minimum Gasteiger partial charge on any atom is -0.472 e. The molecule has 1 aromatic rings. The quantitative estimate of drug-likeness (QED) is 0.294. The van der Waals surface area contributed by atoms with Crippen LogP contribution < -0.4 is 0 Å². The topological polar surface area (TPSA) is 188 Å². The van der Waals surface area contributed by atoms with Gasteiger partial charge in [-0.25, -0.2) is 0 Å². The summed E-state index contributed by atoms with van der Waals surface area (Å²) in [6.45, 7) is 10.9. The molecule has 13 nitrogen and oxygen atoms in total. The summed E-state index contributed by atoms with van der Waals surface area (Å²) in [5.74, 6) is -5.50. The standard InChI is InChI=1S/C35H46O13/c1-8-15(2)29(42)47-30-31(5)20-12-22-33(7)25(34(20,14-44-30)27(41)24(45-16(3)36)28(31)46-17(4)37)23(39)26(40)32(6)19(18-9-10-43-13-18)11-21(38)35(32,33)48-22/h9-10,13,15,19-22,24-28,30,38,40-41H,8,11-12,14H2,1-7H3/t15?,19-,20?,21+,22+,24+,25?,26-,27-,28+,30?,31+,32+,33+,34-,35-/m0/s1. The average molecular weight is 675 g/mol. The maximum atomic E-state index is 15.0. The Labute approximate surface area is 278 Å². The first-order valence-electron chi connectivity index (χ1n) is 16.9. The molecule has 13 heteroatoms. The zero-order chi connectivity index (χ0) is 34.9. The summed E-state index contributed by atoms with van der Waals surface area (Å²) in [6, 6.07) is 1.75. The van der Waals surface area contributed by atoms with E-state index in [2.05, 4.69) is 0 Å². The Morgan fingerprint density at radius 1 is 1.02 bits per heavy atom. The highest BCUT2D eigenvalue weighted by Crippen LogP contribution is 2.82. The SMILES string of the molecule is CCC(C)C(=O)OC1OC[C@]23C(C[C@H]4O[C@@]56[C@H](O)C[C@@H](c7ccoc7)[C@]5(C)[C@@H](O)C(=O)C2[C@@]46C)[C@]1(C)[C@H](OC(C)=O)[C@H](OC(C)=O)[C@@H]3O. The van der Waals surface area contributed by atoms with Crippen LogP contribution in [0.1, 0.15) is 79.2 Å². The van der Waals surface area contributed by atoms with Crippen molar-refractivity contribution in [1.82, 2.24) is 0 Å². The molecule has 16 atom stereocenters. The normalized spacial score (nSPS) is 50.6. The molecule has 3 heterocycles. The van der Waals surface area contributed by atoms with E-state index < -0.39 is 118 Å². The molecule has 1 spiro atoms. The van der Waals surface area contributed by atoms with Gasteiger partial charge < -0.3 is 43.4 Å². The second-order valence-electron chi connectivity index (χ2n) is 15.7. The van der Waals surface area contributed by atoms with Crippen LogP contribution in [0.5, 0.6) is 0 Å². The number of hydrogen-bond acceptors (Lipinski definition) is 13. The summed E-state index contributed by atoms with van der Waals surface area (Å²) in [5, 5.41) is 36.7. The van der Waals surface area contributed by atoms with Crippen LogP contribution >= 0.6 is 0 Å². The lowest BCUT2D eigenvalue weighted by Crippen LogP contribution is -2.91. The smallest absolute Gasteiger partial charge is 0.310 e. The van der Waals surface area contributed by atoms with Crippen LogP contribution in [0.3, 0.4) is 0 Å². The minimum absolute atomic E-state index is 0.195. The van der Waals surface area contributed by atoms with Gasteiger partial charge >= 0.3 is 17.9 Å². The molecular formula is C35H46O13. The highest BCUT2D eigenvalue weighted by atomic mass is 16.7. The number of ketones is 1. The lowest BCUT2D eigenvalue weighted by Gasteiger charge is -2.81. The van der Waals surface area contributed by atoms with Gasteiger partial charge in [-0.05, 0) is 43.7 Å². The molecule has 4 aliphatic carbocycles. The number of hydrogen-bond donors (Lipinski definition) is 3. The van der Waals surface area contributed by atoms with Gasteiger partial charge in [0.1, 0.15) is 17.8 Å². The van der Waals surface area contributed by atoms with Crippen molar-refractivity contribution in [3.63, 3.8) is 0 Å². The summed E-state index contributed by atoms with van der Waals surface area (Å²) in [5.41, 5.74) is -6.10. The number of carbonyl (C=O) groups is 4. The number of aliphatic hydroxyl groups is 3. The highest BCUT2D eigenvalue weighted by molar-refractivity contribution is 5.91. The lowest BCUT2D eigenvalue weighted by molar-refractivity contribution is -0.463. The van der Waals surface area contributed by atoms with Crippen molar-refractivity contribution in [2.45, 2.75) is 122 Å². The predicted molar refractivity (Wildman–Crippen MR) is 161 cm³/mol. The van der Waals surface area contributed by atoms with Gasteiger partial charge in [0.25, 0.3) is 0 Å². The molecule has 7 rings (SSSR count). The van der Waals surface area contributed by atoms with Gasteiger partial charge in [0.2, 0.25) is 6.29 Å². The molecule has 0 amide bonds. The average Bonchev–Trinajstić information content (AvgIpc) is 3.64. The van der Waals surface area contributed by atoms with Gasteiger partial charge in [-0.15, -0.1) is 0 Å². The predicted octanol–water partition coefficient (Wildman–Crippen LogP) is 2.03. The summed E-state index contributed by atoms with van der Waals surface area (Å²) in [6.07, 6.45) is -5.22. The van der Waals surface area contributed by atoms with Crippen molar-refractivity contribution in [2.24, 2.45) is 39.4 Å². The number of esters is 3. The molecule has 0 aromatic carbocycles. The minimum atomic E-state index is -1.64. The summed E-state index contributed by atoms with van der Waals surface area (Å²) in [4.78, 5) is 53.5. The maximum Gasteiger partial charge on any atom is 0.310 e. The van der Waals surface area contributed by atoms with E-state index in [1.165, 1.54) is 13.2 Å². The Bertz CT molecular complexity index is 1530. The molecule has 3 N–H and O–H groups in total.